The molecule has 9 amide bonds. The first kappa shape index (κ1) is 59.0. The van der Waals surface area contributed by atoms with Crippen LogP contribution < -0.4 is 71.2 Å². The molecule has 378 valence electrons. The van der Waals surface area contributed by atoms with E-state index in [2.05, 4.69) is 70.1 Å². The van der Waals surface area contributed by atoms with Gasteiger partial charge in [0.1, 0.15) is 42.3 Å². The Bertz CT molecular complexity index is 1810. The van der Waals surface area contributed by atoms with Gasteiger partial charge in [0, 0.05) is 30.6 Å². The minimum absolute atomic E-state index is 0.000477. The van der Waals surface area contributed by atoms with Crippen molar-refractivity contribution in [3.05, 3.63) is 18.2 Å². The summed E-state index contributed by atoms with van der Waals surface area (Å²) >= 11 is 4.24. The molecule has 9 atom stereocenters. The van der Waals surface area contributed by atoms with Crippen molar-refractivity contribution in [1.29, 1.82) is 0 Å². The zero-order valence-corrected chi connectivity index (χ0v) is 40.2. The zero-order chi connectivity index (χ0) is 50.8. The number of carbonyl (C=O) groups excluding carboxylic acids is 9. The second-order valence-electron chi connectivity index (χ2n) is 16.7. The van der Waals surface area contributed by atoms with Gasteiger partial charge in [-0.3, -0.25) is 48.1 Å². The number of aromatic nitrogens is 2. The van der Waals surface area contributed by atoms with Gasteiger partial charge in [-0.2, -0.15) is 12.6 Å². The fraction of sp³-hybridized carbons (Fsp3) is 0.683. The molecule has 0 fully saturated rings. The SMILES string of the molecule is CC[C@H](C)[C@H](NC(=O)[C@H](C)NC(=O)[C@H](CC(C)C)NC(=O)[C@H](CS)NC(=O)[C@H](Cc1cnc[nH]1)NC(=O)[C@H](C)N)C(=O)NCC(=O)N[C@@H](CCCN=C(N)N)C(=O)N[C@@H](CCCCN)C(N)=O. The number of amides is 9. The van der Waals surface area contributed by atoms with Crippen molar-refractivity contribution in [2.45, 2.75) is 141 Å². The Kier molecular flexibility index (Phi) is 27.3. The maximum absolute atomic E-state index is 13.6. The summed E-state index contributed by atoms with van der Waals surface area (Å²) in [6.45, 7) is 9.86. The van der Waals surface area contributed by atoms with Gasteiger partial charge in [0.15, 0.2) is 5.96 Å². The molecular weight excluding hydrogens is 893 g/mol. The van der Waals surface area contributed by atoms with E-state index < -0.39 is 114 Å². The van der Waals surface area contributed by atoms with Crippen molar-refractivity contribution >= 4 is 71.8 Å². The van der Waals surface area contributed by atoms with Crippen molar-refractivity contribution < 1.29 is 43.2 Å². The molecule has 0 bridgehead atoms. The highest BCUT2D eigenvalue weighted by Crippen LogP contribution is 2.11. The van der Waals surface area contributed by atoms with Crippen molar-refractivity contribution in [2.24, 2.45) is 45.5 Å². The summed E-state index contributed by atoms with van der Waals surface area (Å²) in [5.74, 6) is -7.45. The summed E-state index contributed by atoms with van der Waals surface area (Å²) in [6.07, 6.45) is 5.09. The number of hydrogen-bond donors (Lipinski definition) is 15. The number of carbonyl (C=O) groups is 9. The predicted octanol–water partition coefficient (Wildman–Crippen LogP) is -4.48. The Morgan fingerprint density at radius 2 is 1.28 bits per heavy atom. The van der Waals surface area contributed by atoms with Crippen LogP contribution in [0, 0.1) is 11.8 Å². The minimum atomic E-state index is -1.25. The third-order valence-corrected chi connectivity index (χ3v) is 10.7. The van der Waals surface area contributed by atoms with Crippen LogP contribution in [0.25, 0.3) is 0 Å². The molecule has 25 nitrogen and oxygen atoms in total. The van der Waals surface area contributed by atoms with Gasteiger partial charge >= 0.3 is 0 Å². The lowest BCUT2D eigenvalue weighted by Crippen LogP contribution is -2.60. The van der Waals surface area contributed by atoms with Crippen molar-refractivity contribution in [2.75, 3.05) is 25.4 Å². The van der Waals surface area contributed by atoms with Crippen LogP contribution in [0.3, 0.4) is 0 Å². The lowest BCUT2D eigenvalue weighted by molar-refractivity contribution is -0.135. The smallest absolute Gasteiger partial charge is 0.244 e. The summed E-state index contributed by atoms with van der Waals surface area (Å²) in [5, 5.41) is 20.6. The highest BCUT2D eigenvalue weighted by atomic mass is 32.1. The largest absolute Gasteiger partial charge is 0.370 e. The van der Waals surface area contributed by atoms with Crippen LogP contribution in [0.1, 0.15) is 92.2 Å². The summed E-state index contributed by atoms with van der Waals surface area (Å²) in [4.78, 5) is 129. The quantitative estimate of drug-likeness (QED) is 0.0140. The molecule has 0 spiro atoms. The lowest BCUT2D eigenvalue weighted by Gasteiger charge is -2.27. The number of unbranched alkanes of at least 4 members (excludes halogenated alkanes) is 1. The zero-order valence-electron chi connectivity index (χ0n) is 39.3. The number of H-pyrrole nitrogens is 1. The number of thiol groups is 1. The van der Waals surface area contributed by atoms with E-state index in [0.29, 0.717) is 31.5 Å². The Balaban J connectivity index is 3.06. The van der Waals surface area contributed by atoms with Gasteiger partial charge in [-0.05, 0) is 70.8 Å². The molecule has 0 aliphatic carbocycles. The normalized spacial score (nSPS) is 15.1. The standard InChI is InChI=1S/C41H74N16O9S/c1-7-22(4)32(40(66)49-18-31(58)52-27(12-10-14-48-41(45)46)36(62)53-26(33(44)59)11-8-9-13-42)57-35(61)24(6)51-37(63)28(15-21(2)3)55-39(65)30(19-67)56-38(64)29(54-34(60)23(5)43)16-25-17-47-20-50-25/h17,20-24,26-30,32,67H,7-16,18-19,42-43H2,1-6H3,(H2,44,59)(H,47,50)(H,49,66)(H,51,63)(H,52,58)(H,53,62)(H,54,60)(H,55,65)(H,56,64)(H,57,61)(H4,45,46,48)/t22-,23-,24-,26-,27-,28-,29-,30-,32-/m0/s1. The van der Waals surface area contributed by atoms with E-state index >= 15 is 0 Å². The molecule has 1 aromatic rings. The molecule has 67 heavy (non-hydrogen) atoms. The van der Waals surface area contributed by atoms with E-state index in [1.165, 1.54) is 26.4 Å². The molecule has 1 aromatic heterocycles. The molecule has 1 heterocycles. The number of imidazole rings is 1. The van der Waals surface area contributed by atoms with Gasteiger partial charge in [0.2, 0.25) is 53.2 Å². The van der Waals surface area contributed by atoms with E-state index in [1.54, 1.807) is 13.8 Å². The first-order chi connectivity index (χ1) is 31.5. The number of nitrogens with two attached hydrogens (primary N) is 5. The molecule has 0 saturated carbocycles. The Morgan fingerprint density at radius 3 is 1.84 bits per heavy atom. The van der Waals surface area contributed by atoms with E-state index in [1.807, 2.05) is 13.8 Å². The van der Waals surface area contributed by atoms with E-state index in [0.717, 1.165) is 0 Å². The number of hydrogen-bond acceptors (Lipinski definition) is 14. The van der Waals surface area contributed by atoms with Crippen LogP contribution in [0.15, 0.2) is 17.5 Å². The number of rotatable bonds is 32. The maximum atomic E-state index is 13.6. The average Bonchev–Trinajstić information content (AvgIpc) is 3.78. The van der Waals surface area contributed by atoms with Crippen LogP contribution in [0.4, 0.5) is 0 Å². The number of primary amides is 1. The molecular formula is C41H74N16O9S. The highest BCUT2D eigenvalue weighted by molar-refractivity contribution is 7.80. The Morgan fingerprint density at radius 1 is 0.701 bits per heavy atom. The van der Waals surface area contributed by atoms with Crippen LogP contribution in [0.5, 0.6) is 0 Å². The van der Waals surface area contributed by atoms with Crippen LogP contribution >= 0.6 is 12.6 Å². The van der Waals surface area contributed by atoms with Crippen LogP contribution in [-0.2, 0) is 49.6 Å². The Hall–Kier alpha value is -6.02. The maximum Gasteiger partial charge on any atom is 0.244 e. The highest BCUT2D eigenvalue weighted by Gasteiger charge is 2.33. The third-order valence-electron chi connectivity index (χ3n) is 10.4. The summed E-state index contributed by atoms with van der Waals surface area (Å²) in [5.41, 5.74) is 28.1. The second kappa shape index (κ2) is 31.0. The fourth-order valence-corrected chi connectivity index (χ4v) is 6.53. The van der Waals surface area contributed by atoms with Crippen molar-refractivity contribution in [3.63, 3.8) is 0 Å². The lowest BCUT2D eigenvalue weighted by atomic mass is 9.97. The number of nitrogens with one attached hydrogen (secondary N) is 9. The van der Waals surface area contributed by atoms with Gasteiger partial charge in [-0.15, -0.1) is 0 Å². The van der Waals surface area contributed by atoms with Crippen LogP contribution in [0.2, 0.25) is 0 Å². The number of guanidine groups is 1. The van der Waals surface area contributed by atoms with E-state index in [-0.39, 0.29) is 56.3 Å². The molecule has 0 saturated heterocycles. The van der Waals surface area contributed by atoms with Gasteiger partial charge in [0.25, 0.3) is 0 Å². The molecule has 0 aromatic carbocycles. The van der Waals surface area contributed by atoms with Gasteiger partial charge in [-0.25, -0.2) is 4.98 Å². The average molecular weight is 967 g/mol. The molecule has 1 rings (SSSR count). The van der Waals surface area contributed by atoms with Gasteiger partial charge in [-0.1, -0.05) is 34.1 Å². The number of aliphatic imine (C=N–C) groups is 1. The van der Waals surface area contributed by atoms with Gasteiger partial charge < -0.3 is 76.2 Å². The number of nitrogens with zero attached hydrogens (tertiary/aromatic N) is 2. The topological polar surface area (TPSA) is 421 Å². The molecule has 0 aliphatic heterocycles. The van der Waals surface area contributed by atoms with Crippen molar-refractivity contribution in [1.82, 2.24) is 52.5 Å². The first-order valence-electron chi connectivity index (χ1n) is 22.3. The molecule has 26 heteroatoms. The molecule has 0 radical (unpaired) electrons. The van der Waals surface area contributed by atoms with E-state index in [9.17, 15) is 43.2 Å². The molecule has 0 aliphatic rings. The minimum Gasteiger partial charge on any atom is -0.370 e. The Labute approximate surface area is 396 Å². The molecule has 19 N–H and O–H groups in total. The van der Waals surface area contributed by atoms with Crippen LogP contribution in [-0.4, -0.2) is 143 Å². The third kappa shape index (κ3) is 22.8. The second-order valence-corrected chi connectivity index (χ2v) is 17.1. The first-order valence-corrected chi connectivity index (χ1v) is 23.0. The summed E-state index contributed by atoms with van der Waals surface area (Å²) < 4.78 is 0. The summed E-state index contributed by atoms with van der Waals surface area (Å²) in [7, 11) is 0. The van der Waals surface area contributed by atoms with Crippen molar-refractivity contribution in [3.8, 4) is 0 Å². The fourth-order valence-electron chi connectivity index (χ4n) is 6.28. The van der Waals surface area contributed by atoms with Gasteiger partial charge in [0.05, 0.1) is 18.9 Å². The molecule has 0 unspecified atom stereocenters. The predicted molar refractivity (Wildman–Crippen MR) is 253 cm³/mol. The van der Waals surface area contributed by atoms with E-state index in [4.69, 9.17) is 28.7 Å². The number of aromatic amines is 1. The monoisotopic (exact) mass is 967 g/mol. The summed E-state index contributed by atoms with van der Waals surface area (Å²) in [6, 6.07) is -9.09.